The summed E-state index contributed by atoms with van der Waals surface area (Å²) >= 11 is 0. The summed E-state index contributed by atoms with van der Waals surface area (Å²) in [6.45, 7) is -0.250. The van der Waals surface area contributed by atoms with Gasteiger partial charge in [0.05, 0.1) is 35.5 Å². The van der Waals surface area contributed by atoms with Gasteiger partial charge in [0.15, 0.2) is 0 Å². The Labute approximate surface area is 181 Å². The second-order valence-electron chi connectivity index (χ2n) is 5.95. The molecule has 0 fully saturated rings. The Morgan fingerprint density at radius 2 is 1.03 bits per heavy atom. The van der Waals surface area contributed by atoms with Crippen LogP contribution in [0.15, 0.2) is 60.7 Å². The van der Waals surface area contributed by atoms with Crippen molar-refractivity contribution in [3.63, 3.8) is 0 Å². The Bertz CT molecular complexity index is 1070. The number of fused-ring (bicyclic) bond motifs is 1. The minimum absolute atomic E-state index is 0.0833. The fraction of sp³-hybridized carbons (Fsp3) is 0.0909. The van der Waals surface area contributed by atoms with Gasteiger partial charge in [-0.2, -0.15) is 0 Å². The van der Waals surface area contributed by atoms with Crippen LogP contribution in [0.5, 0.6) is 0 Å². The van der Waals surface area contributed by atoms with E-state index in [4.69, 9.17) is 30.6 Å². The van der Waals surface area contributed by atoms with Crippen LogP contribution < -0.4 is 0 Å². The molecule has 168 valence electrons. The Morgan fingerprint density at radius 1 is 0.562 bits per heavy atom. The largest absolute Gasteiger partial charge is 0.478 e. The van der Waals surface area contributed by atoms with E-state index in [9.17, 15) is 19.2 Å². The molecule has 10 heteroatoms. The smallest absolute Gasteiger partial charge is 0.337 e. The van der Waals surface area contributed by atoms with Gasteiger partial charge in [0, 0.05) is 0 Å². The van der Waals surface area contributed by atoms with Gasteiger partial charge in [0.1, 0.15) is 0 Å². The number of carboxylic acid groups (broad SMARTS) is 4. The molecule has 0 saturated carbocycles. The molecule has 3 aromatic carbocycles. The molecule has 0 saturated heterocycles. The van der Waals surface area contributed by atoms with E-state index in [1.54, 1.807) is 30.3 Å². The number of rotatable bonds is 5. The molecule has 0 amide bonds. The van der Waals surface area contributed by atoms with Crippen molar-refractivity contribution < 1.29 is 49.8 Å². The zero-order valence-corrected chi connectivity index (χ0v) is 16.5. The van der Waals surface area contributed by atoms with E-state index in [2.05, 4.69) is 0 Å². The van der Waals surface area contributed by atoms with Gasteiger partial charge in [-0.3, -0.25) is 0 Å². The number of aliphatic hydroxyl groups excluding tert-OH is 2. The van der Waals surface area contributed by atoms with Gasteiger partial charge in [-0.1, -0.05) is 30.3 Å². The Balaban J connectivity index is 0.000000283. The maximum Gasteiger partial charge on any atom is 0.337 e. The normalized spacial score (nSPS) is 9.56. The summed E-state index contributed by atoms with van der Waals surface area (Å²) in [5, 5.41) is 51.3. The molecule has 0 aromatic heterocycles. The van der Waals surface area contributed by atoms with E-state index >= 15 is 0 Å². The minimum atomic E-state index is -1.23. The van der Waals surface area contributed by atoms with Crippen LogP contribution >= 0.6 is 0 Å². The highest BCUT2D eigenvalue weighted by Gasteiger charge is 2.18. The van der Waals surface area contributed by atoms with E-state index in [-0.39, 0.29) is 35.5 Å². The molecule has 3 aromatic rings. The predicted molar refractivity (Wildman–Crippen MR) is 112 cm³/mol. The Hall–Kier alpha value is -4.28. The van der Waals surface area contributed by atoms with Crippen LogP contribution in [0.3, 0.4) is 0 Å². The predicted octanol–water partition coefficient (Wildman–Crippen LogP) is 2.29. The van der Waals surface area contributed by atoms with Crippen molar-refractivity contribution in [3.05, 3.63) is 82.9 Å². The lowest BCUT2D eigenvalue weighted by Gasteiger charge is -2.05. The summed E-state index contributed by atoms with van der Waals surface area (Å²) in [4.78, 5) is 42.7. The lowest BCUT2D eigenvalue weighted by Crippen LogP contribution is -2.08. The number of hydrogen-bond donors (Lipinski definition) is 6. The number of carboxylic acids is 4. The van der Waals surface area contributed by atoms with Gasteiger partial charge in [0.2, 0.25) is 0 Å². The molecule has 0 atom stereocenters. The molecule has 0 unspecified atom stereocenters. The lowest BCUT2D eigenvalue weighted by atomic mass is 9.99. The zero-order valence-electron chi connectivity index (χ0n) is 16.5. The topological polar surface area (TPSA) is 190 Å². The first kappa shape index (κ1) is 25.8. The molecule has 0 spiro atoms. The first-order valence-electron chi connectivity index (χ1n) is 8.90. The van der Waals surface area contributed by atoms with Crippen molar-refractivity contribution in [1.82, 2.24) is 0 Å². The molecular weight excluding hydrogens is 424 g/mol. The van der Waals surface area contributed by atoms with Gasteiger partial charge in [-0.05, 0) is 41.1 Å². The summed E-state index contributed by atoms with van der Waals surface area (Å²) < 4.78 is 0. The second-order valence-corrected chi connectivity index (χ2v) is 5.95. The summed E-state index contributed by atoms with van der Waals surface area (Å²) in [6.07, 6.45) is 0. The molecule has 0 aliphatic carbocycles. The maximum atomic E-state index is 11.1. The van der Waals surface area contributed by atoms with E-state index < -0.39 is 23.9 Å². The molecule has 0 aliphatic rings. The van der Waals surface area contributed by atoms with Crippen molar-refractivity contribution in [2.45, 2.75) is 0 Å². The third-order valence-corrected chi connectivity index (χ3v) is 3.85. The number of benzene rings is 3. The molecule has 32 heavy (non-hydrogen) atoms. The fourth-order valence-electron chi connectivity index (χ4n) is 2.44. The van der Waals surface area contributed by atoms with Gasteiger partial charge >= 0.3 is 23.9 Å². The number of aromatic carboxylic acids is 4. The van der Waals surface area contributed by atoms with Gasteiger partial charge in [0.25, 0.3) is 0 Å². The van der Waals surface area contributed by atoms with Gasteiger partial charge in [-0.25, -0.2) is 19.2 Å². The van der Waals surface area contributed by atoms with E-state index in [0.717, 1.165) is 0 Å². The standard InChI is InChI=1S/C12H8O4.C8H6O4.C2H6O2/c13-11(14)9-6-5-7-3-1-2-4-8(7)10(9)12(15)16;9-7(10)5-1-2-6(4-3-5)8(11)12;3-1-2-4/h1-6H,(H,13,14)(H,15,16);1-4H,(H,9,10)(H,11,12);3-4H,1-2H2. The zero-order chi connectivity index (χ0) is 24.3. The van der Waals surface area contributed by atoms with Crippen LogP contribution in [-0.2, 0) is 0 Å². The highest BCUT2D eigenvalue weighted by Crippen LogP contribution is 2.22. The monoisotopic (exact) mass is 444 g/mol. The average molecular weight is 444 g/mol. The molecule has 6 N–H and O–H groups in total. The molecular formula is C22H20O10. The molecule has 10 nitrogen and oxygen atoms in total. The maximum absolute atomic E-state index is 11.1. The van der Waals surface area contributed by atoms with Crippen molar-refractivity contribution in [1.29, 1.82) is 0 Å². The quantitative estimate of drug-likeness (QED) is 0.340. The van der Waals surface area contributed by atoms with Crippen LogP contribution in [-0.4, -0.2) is 67.7 Å². The fourth-order valence-corrected chi connectivity index (χ4v) is 2.44. The average Bonchev–Trinajstić information content (AvgIpc) is 2.78. The van der Waals surface area contributed by atoms with Crippen molar-refractivity contribution in [2.24, 2.45) is 0 Å². The van der Waals surface area contributed by atoms with E-state index in [0.29, 0.717) is 10.8 Å². The van der Waals surface area contributed by atoms with Crippen LogP contribution in [0.25, 0.3) is 10.8 Å². The third kappa shape index (κ3) is 7.20. The van der Waals surface area contributed by atoms with Crippen molar-refractivity contribution in [2.75, 3.05) is 13.2 Å². The second kappa shape index (κ2) is 12.4. The number of hydrogen-bond acceptors (Lipinski definition) is 6. The SMILES string of the molecule is O=C(O)c1ccc(C(=O)O)cc1.O=C(O)c1ccc2ccccc2c1C(=O)O.OCCO. The van der Waals surface area contributed by atoms with Crippen LogP contribution in [0, 0.1) is 0 Å². The summed E-state index contributed by atoms with van der Waals surface area (Å²) in [6, 6.07) is 14.7. The first-order chi connectivity index (χ1) is 15.1. The van der Waals surface area contributed by atoms with Crippen molar-refractivity contribution in [3.8, 4) is 0 Å². The Kier molecular flexibility index (Phi) is 10.00. The molecule has 0 aliphatic heterocycles. The highest BCUT2D eigenvalue weighted by atomic mass is 16.4. The van der Waals surface area contributed by atoms with Crippen LogP contribution in [0.2, 0.25) is 0 Å². The van der Waals surface area contributed by atoms with Crippen LogP contribution in [0.1, 0.15) is 41.4 Å². The lowest BCUT2D eigenvalue weighted by molar-refractivity contribution is 0.0653. The number of aliphatic hydroxyl groups is 2. The molecule has 0 heterocycles. The third-order valence-electron chi connectivity index (χ3n) is 3.85. The molecule has 3 rings (SSSR count). The Morgan fingerprint density at radius 3 is 1.41 bits per heavy atom. The summed E-state index contributed by atoms with van der Waals surface area (Å²) in [7, 11) is 0. The van der Waals surface area contributed by atoms with Crippen molar-refractivity contribution >= 4 is 34.6 Å². The molecule has 0 radical (unpaired) electrons. The van der Waals surface area contributed by atoms with Gasteiger partial charge in [-0.15, -0.1) is 0 Å². The van der Waals surface area contributed by atoms with Gasteiger partial charge < -0.3 is 30.6 Å². The summed E-state index contributed by atoms with van der Waals surface area (Å²) in [5.74, 6) is -4.59. The number of carbonyl (C=O) groups is 4. The minimum Gasteiger partial charge on any atom is -0.478 e. The van der Waals surface area contributed by atoms with E-state index in [1.807, 2.05) is 0 Å². The van der Waals surface area contributed by atoms with Crippen LogP contribution in [0.4, 0.5) is 0 Å². The summed E-state index contributed by atoms with van der Waals surface area (Å²) in [5.41, 5.74) is -0.184. The highest BCUT2D eigenvalue weighted by molar-refractivity contribution is 6.11. The van der Waals surface area contributed by atoms with E-state index in [1.165, 1.54) is 30.3 Å². The first-order valence-corrected chi connectivity index (χ1v) is 8.90. The molecule has 0 bridgehead atoms.